The third kappa shape index (κ3) is 24.5. The largest absolute Gasteiger partial charge is 0.542 e. The van der Waals surface area contributed by atoms with Gasteiger partial charge in [-0.25, -0.2) is 0 Å². The Morgan fingerprint density at radius 1 is 0.634 bits per heavy atom. The molecule has 0 aromatic rings. The third-order valence-corrected chi connectivity index (χ3v) is 5.79. The molecule has 0 spiro atoms. The first-order chi connectivity index (χ1) is 19.0. The number of nitrogens with one attached hydrogen (secondary N) is 6. The molecule has 16 nitrogen and oxygen atoms in total. The average Bonchev–Trinajstić information content (AvgIpc) is 2.86. The number of hydrogen-bond acceptors (Lipinski definition) is 4. The quantitative estimate of drug-likeness (QED) is 0.0225. The maximum Gasteiger partial charge on any atom is 0.338 e. The molecule has 0 rings (SSSR count). The molecule has 3 amide bonds. The van der Waals surface area contributed by atoms with Crippen LogP contribution in [-0.4, -0.2) is 79.6 Å². The molecule has 0 aliphatic rings. The van der Waals surface area contributed by atoms with Crippen molar-refractivity contribution in [2.75, 3.05) is 19.6 Å². The van der Waals surface area contributed by atoms with Crippen LogP contribution in [0.25, 0.3) is 0 Å². The first kappa shape index (κ1) is 40.1. The Bertz CT molecular complexity index is 873. The molecular formula is C24H50N12O4Y+2. The van der Waals surface area contributed by atoms with Crippen molar-refractivity contribution in [3.05, 3.63) is 0 Å². The molecule has 0 unspecified atom stereocenters. The van der Waals surface area contributed by atoms with Crippen molar-refractivity contribution >= 4 is 41.9 Å². The van der Waals surface area contributed by atoms with Crippen LogP contribution in [0.2, 0.25) is 0 Å². The maximum atomic E-state index is 13.0. The minimum atomic E-state index is -0.502. The molecule has 0 saturated heterocycles. The SMILES string of the molecule is CCC(=O)N[C@@H](CCC[NH+]=C(N)N)CC(=O)N[C@@H](CCC[NH+]=C(N)N)CC(=O)N[C@H](C[C-]=O)CCC[NH+]=C(N)N.[Y]. The van der Waals surface area contributed by atoms with E-state index in [1.165, 1.54) is 0 Å². The molecule has 1 radical (unpaired) electrons. The first-order valence-electron chi connectivity index (χ1n) is 13.5. The smallest absolute Gasteiger partial charge is 0.338 e. The fraction of sp³-hybridized carbons (Fsp3) is 0.708. The number of carbonyl (C=O) groups excluding carboxylic acids is 4. The molecule has 0 aromatic carbocycles. The molecule has 0 fully saturated rings. The summed E-state index contributed by atoms with van der Waals surface area (Å²) in [6.45, 7) is 3.17. The second-order valence-electron chi connectivity index (χ2n) is 9.48. The summed E-state index contributed by atoms with van der Waals surface area (Å²) in [6.07, 6.45) is 5.46. The third-order valence-electron chi connectivity index (χ3n) is 5.79. The fourth-order valence-corrected chi connectivity index (χ4v) is 3.87. The summed E-state index contributed by atoms with van der Waals surface area (Å²) in [7, 11) is 0. The summed E-state index contributed by atoms with van der Waals surface area (Å²) in [5.74, 6) is -0.536. The normalized spacial score (nSPS) is 12.3. The Morgan fingerprint density at radius 2 is 0.976 bits per heavy atom. The molecule has 17 heteroatoms. The number of carbonyl (C=O) groups is 3. The van der Waals surface area contributed by atoms with Crippen LogP contribution in [0.1, 0.15) is 71.1 Å². The Labute approximate surface area is 267 Å². The minimum absolute atomic E-state index is 0. The van der Waals surface area contributed by atoms with Crippen molar-refractivity contribution < 1.29 is 66.9 Å². The summed E-state index contributed by atoms with van der Waals surface area (Å²) in [4.78, 5) is 57.2. The van der Waals surface area contributed by atoms with Crippen molar-refractivity contribution in [2.24, 2.45) is 34.4 Å². The van der Waals surface area contributed by atoms with Crippen LogP contribution in [0.4, 0.5) is 0 Å². The van der Waals surface area contributed by atoms with Gasteiger partial charge in [0.1, 0.15) is 0 Å². The molecule has 0 saturated carbocycles. The molecule has 3 atom stereocenters. The molecule has 0 aromatic heterocycles. The maximum absolute atomic E-state index is 13.0. The number of guanidine groups is 3. The zero-order valence-electron chi connectivity index (χ0n) is 24.1. The van der Waals surface area contributed by atoms with Crippen LogP contribution in [0.3, 0.4) is 0 Å². The summed E-state index contributed by atoms with van der Waals surface area (Å²) in [5, 5.41) is 8.61. The number of hydrogen-bond donors (Lipinski definition) is 12. The molecule has 0 aliphatic carbocycles. The van der Waals surface area contributed by atoms with Gasteiger partial charge >= 0.3 is 17.9 Å². The average molecular weight is 660 g/mol. The Morgan fingerprint density at radius 3 is 1.32 bits per heavy atom. The first-order valence-corrected chi connectivity index (χ1v) is 13.5. The summed E-state index contributed by atoms with van der Waals surface area (Å²) in [6, 6.07) is -1.33. The van der Waals surface area contributed by atoms with Crippen LogP contribution in [0, 0.1) is 0 Å². The van der Waals surface area contributed by atoms with Crippen molar-refractivity contribution in [1.29, 1.82) is 0 Å². The zero-order valence-corrected chi connectivity index (χ0v) is 26.9. The number of amides is 3. The van der Waals surface area contributed by atoms with E-state index in [1.54, 1.807) is 6.92 Å². The van der Waals surface area contributed by atoms with Gasteiger partial charge < -0.3 is 20.7 Å². The molecule has 41 heavy (non-hydrogen) atoms. The Kier molecular flexibility index (Phi) is 24.2. The number of rotatable bonds is 22. The van der Waals surface area contributed by atoms with E-state index < -0.39 is 18.1 Å². The Balaban J connectivity index is 0. The summed E-state index contributed by atoms with van der Waals surface area (Å²) >= 11 is 0. The van der Waals surface area contributed by atoms with Gasteiger partial charge in [0.15, 0.2) is 0 Å². The fourth-order valence-electron chi connectivity index (χ4n) is 3.87. The van der Waals surface area contributed by atoms with Gasteiger partial charge in [0.2, 0.25) is 17.7 Å². The van der Waals surface area contributed by atoms with Gasteiger partial charge in [0.05, 0.1) is 19.6 Å². The van der Waals surface area contributed by atoms with E-state index in [2.05, 4.69) is 30.9 Å². The van der Waals surface area contributed by atoms with Crippen molar-refractivity contribution in [3.63, 3.8) is 0 Å². The van der Waals surface area contributed by atoms with E-state index in [0.29, 0.717) is 58.2 Å². The van der Waals surface area contributed by atoms with Gasteiger partial charge in [-0.15, -0.1) is 6.42 Å². The molecule has 0 aliphatic heterocycles. The van der Waals surface area contributed by atoms with Crippen LogP contribution < -0.4 is 65.3 Å². The molecule has 18 N–H and O–H groups in total. The van der Waals surface area contributed by atoms with Crippen LogP contribution in [-0.2, 0) is 51.9 Å². The molecule has 0 bridgehead atoms. The van der Waals surface area contributed by atoms with Gasteiger partial charge in [-0.2, -0.15) is 0 Å². The molecule has 231 valence electrons. The predicted octanol–water partition coefficient (Wildman–Crippen LogP) is -8.47. The minimum Gasteiger partial charge on any atom is -0.542 e. The van der Waals surface area contributed by atoms with Crippen molar-refractivity contribution in [3.8, 4) is 0 Å². The van der Waals surface area contributed by atoms with Crippen LogP contribution in [0.5, 0.6) is 0 Å². The van der Waals surface area contributed by atoms with E-state index in [0.717, 1.165) is 0 Å². The van der Waals surface area contributed by atoms with Crippen molar-refractivity contribution in [1.82, 2.24) is 16.0 Å². The molecular weight excluding hydrogens is 609 g/mol. The topological polar surface area (TPSA) is 302 Å². The van der Waals surface area contributed by atoms with Crippen LogP contribution >= 0.6 is 0 Å². The van der Waals surface area contributed by atoms with E-state index >= 15 is 0 Å². The van der Waals surface area contributed by atoms with E-state index in [4.69, 9.17) is 34.4 Å². The van der Waals surface area contributed by atoms with Crippen molar-refractivity contribution in [2.45, 2.75) is 89.3 Å². The van der Waals surface area contributed by atoms with Gasteiger partial charge in [0, 0.05) is 70.1 Å². The van der Waals surface area contributed by atoms with Gasteiger partial charge in [-0.3, -0.25) is 70.0 Å². The van der Waals surface area contributed by atoms with E-state index in [-0.39, 0.29) is 94.0 Å². The second-order valence-corrected chi connectivity index (χ2v) is 9.48. The molecule has 0 heterocycles. The Hall–Kier alpha value is -3.01. The standard InChI is InChI=1S/C24H47N12O4.Y/c1-2-19(38)35-17(7-4-11-32-23(27)28)14-21(40)36-18(8-5-12-33-24(29)30)15-20(39)34-16(9-13-37)6-3-10-31-22(25)26;/h16-18H,2-12,14-15H2,1H3,(H,34,39)(H,35,38)(H,36,40)(H4,25,26,31)(H4,27,28,32)(H4,29,30,33);/q-1;/p+3/t16-,17-,18-;/m0./s1. The van der Waals surface area contributed by atoms with Gasteiger partial charge in [-0.05, 0) is 38.5 Å². The van der Waals surface area contributed by atoms with Gasteiger partial charge in [0.25, 0.3) is 0 Å². The van der Waals surface area contributed by atoms with Gasteiger partial charge in [-0.1, -0.05) is 6.92 Å². The summed E-state index contributed by atoms with van der Waals surface area (Å²) < 4.78 is 0. The van der Waals surface area contributed by atoms with Crippen LogP contribution in [0.15, 0.2) is 0 Å². The van der Waals surface area contributed by atoms with E-state index in [1.807, 2.05) is 6.29 Å². The number of nitrogens with two attached hydrogens (primary N) is 6. The summed E-state index contributed by atoms with van der Waals surface area (Å²) in [5.41, 5.74) is 32.4. The monoisotopic (exact) mass is 659 g/mol. The zero-order chi connectivity index (χ0) is 30.3. The predicted molar refractivity (Wildman–Crippen MR) is 151 cm³/mol. The van der Waals surface area contributed by atoms with E-state index in [9.17, 15) is 19.2 Å². The second kappa shape index (κ2) is 24.8.